The van der Waals surface area contributed by atoms with Gasteiger partial charge in [0, 0.05) is 11.6 Å². The lowest BCUT2D eigenvalue weighted by molar-refractivity contribution is -0.119. The quantitative estimate of drug-likeness (QED) is 0.749. The van der Waals surface area contributed by atoms with Crippen molar-refractivity contribution >= 4 is 29.2 Å². The lowest BCUT2D eigenvalue weighted by Crippen LogP contribution is -2.38. The molecule has 2 aromatic rings. The van der Waals surface area contributed by atoms with Crippen LogP contribution in [0, 0.1) is 0 Å². The first-order chi connectivity index (χ1) is 11.6. The van der Waals surface area contributed by atoms with E-state index in [9.17, 15) is 9.59 Å². The Morgan fingerprint density at radius 2 is 1.83 bits per heavy atom. The second kappa shape index (κ2) is 8.79. The molecule has 2 rings (SSSR count). The van der Waals surface area contributed by atoms with E-state index in [1.165, 1.54) is 0 Å². The van der Waals surface area contributed by atoms with Crippen LogP contribution in [0.4, 0.5) is 10.5 Å². The summed E-state index contributed by atoms with van der Waals surface area (Å²) in [5.74, 6) is 0.809. The first-order valence-corrected chi connectivity index (χ1v) is 7.80. The van der Waals surface area contributed by atoms with Crippen molar-refractivity contribution in [3.8, 4) is 11.5 Å². The SMILES string of the molecule is CCNC(=O)CNC(=O)Nc1cc(Cl)ccc1Oc1ccccc1. The largest absolute Gasteiger partial charge is 0.455 e. The molecule has 7 heteroatoms. The lowest BCUT2D eigenvalue weighted by atomic mass is 10.3. The van der Waals surface area contributed by atoms with E-state index in [2.05, 4.69) is 16.0 Å². The maximum Gasteiger partial charge on any atom is 0.319 e. The Labute approximate surface area is 145 Å². The molecule has 0 saturated heterocycles. The van der Waals surface area contributed by atoms with E-state index < -0.39 is 6.03 Å². The fourth-order valence-electron chi connectivity index (χ4n) is 1.89. The molecule has 3 N–H and O–H groups in total. The molecule has 3 amide bonds. The number of rotatable bonds is 6. The molecule has 0 bridgehead atoms. The first-order valence-electron chi connectivity index (χ1n) is 7.42. The van der Waals surface area contributed by atoms with Gasteiger partial charge >= 0.3 is 6.03 Å². The summed E-state index contributed by atoms with van der Waals surface area (Å²) in [6.45, 7) is 2.19. The number of benzene rings is 2. The summed E-state index contributed by atoms with van der Waals surface area (Å²) in [6, 6.07) is 13.5. The van der Waals surface area contributed by atoms with E-state index in [0.29, 0.717) is 28.8 Å². The summed E-state index contributed by atoms with van der Waals surface area (Å²) < 4.78 is 5.75. The molecule has 0 spiro atoms. The normalized spacial score (nSPS) is 9.92. The predicted octanol–water partition coefficient (Wildman–Crippen LogP) is 3.39. The van der Waals surface area contributed by atoms with Gasteiger partial charge in [0.1, 0.15) is 5.75 Å². The van der Waals surface area contributed by atoms with Crippen LogP contribution in [-0.4, -0.2) is 25.0 Å². The zero-order valence-corrected chi connectivity index (χ0v) is 13.9. The third kappa shape index (κ3) is 5.48. The number of carbonyl (C=O) groups is 2. The fraction of sp³-hybridized carbons (Fsp3) is 0.176. The van der Waals surface area contributed by atoms with Crippen LogP contribution in [0.15, 0.2) is 48.5 Å². The lowest BCUT2D eigenvalue weighted by Gasteiger charge is -2.13. The average Bonchev–Trinajstić information content (AvgIpc) is 2.57. The third-order valence-electron chi connectivity index (χ3n) is 2.94. The average molecular weight is 348 g/mol. The molecule has 0 saturated carbocycles. The van der Waals surface area contributed by atoms with Gasteiger partial charge in [-0.25, -0.2) is 4.79 Å². The second-order valence-electron chi connectivity index (χ2n) is 4.82. The molecule has 2 aromatic carbocycles. The molecule has 0 aliphatic rings. The zero-order valence-electron chi connectivity index (χ0n) is 13.1. The highest BCUT2D eigenvalue weighted by Gasteiger charge is 2.10. The van der Waals surface area contributed by atoms with E-state index in [0.717, 1.165) is 0 Å². The molecule has 0 unspecified atom stereocenters. The Kier molecular flexibility index (Phi) is 6.45. The summed E-state index contributed by atoms with van der Waals surface area (Å²) in [4.78, 5) is 23.3. The van der Waals surface area contributed by atoms with Crippen molar-refractivity contribution in [1.29, 1.82) is 0 Å². The highest BCUT2D eigenvalue weighted by molar-refractivity contribution is 6.31. The molecule has 6 nitrogen and oxygen atoms in total. The minimum Gasteiger partial charge on any atom is -0.455 e. The second-order valence-corrected chi connectivity index (χ2v) is 5.25. The van der Waals surface area contributed by atoms with Crippen molar-refractivity contribution < 1.29 is 14.3 Å². The summed E-state index contributed by atoms with van der Waals surface area (Å²) >= 11 is 5.98. The van der Waals surface area contributed by atoms with Gasteiger partial charge in [-0.3, -0.25) is 4.79 Å². The van der Waals surface area contributed by atoms with Gasteiger partial charge in [-0.1, -0.05) is 29.8 Å². The van der Waals surface area contributed by atoms with Gasteiger partial charge in [0.2, 0.25) is 5.91 Å². The maximum absolute atomic E-state index is 11.9. The van der Waals surface area contributed by atoms with Crippen LogP contribution in [0.2, 0.25) is 5.02 Å². The first kappa shape index (κ1) is 17.6. The molecule has 0 heterocycles. The van der Waals surface area contributed by atoms with Gasteiger partial charge in [-0.05, 0) is 37.3 Å². The number of hydrogen-bond donors (Lipinski definition) is 3. The van der Waals surface area contributed by atoms with Crippen LogP contribution < -0.4 is 20.7 Å². The number of urea groups is 1. The van der Waals surface area contributed by atoms with Gasteiger partial charge in [0.15, 0.2) is 5.75 Å². The van der Waals surface area contributed by atoms with Gasteiger partial charge in [0.25, 0.3) is 0 Å². The number of para-hydroxylation sites is 1. The summed E-state index contributed by atoms with van der Waals surface area (Å²) in [7, 11) is 0. The highest BCUT2D eigenvalue weighted by atomic mass is 35.5. The number of nitrogens with one attached hydrogen (secondary N) is 3. The number of hydrogen-bond acceptors (Lipinski definition) is 3. The summed E-state index contributed by atoms with van der Waals surface area (Å²) in [6.07, 6.45) is 0. The highest BCUT2D eigenvalue weighted by Crippen LogP contribution is 2.31. The van der Waals surface area contributed by atoms with Crippen LogP contribution in [0.1, 0.15) is 6.92 Å². The van der Waals surface area contributed by atoms with Crippen LogP contribution in [0.5, 0.6) is 11.5 Å². The van der Waals surface area contributed by atoms with Crippen LogP contribution in [-0.2, 0) is 4.79 Å². The van der Waals surface area contributed by atoms with Crippen molar-refractivity contribution in [2.75, 3.05) is 18.4 Å². The van der Waals surface area contributed by atoms with E-state index in [1.54, 1.807) is 37.3 Å². The fourth-order valence-corrected chi connectivity index (χ4v) is 2.06. The molecular weight excluding hydrogens is 330 g/mol. The van der Waals surface area contributed by atoms with Gasteiger partial charge < -0.3 is 20.7 Å². The topological polar surface area (TPSA) is 79.5 Å². The Balaban J connectivity index is 2.04. The number of ether oxygens (including phenoxy) is 1. The number of amides is 3. The van der Waals surface area contributed by atoms with Crippen molar-refractivity contribution in [1.82, 2.24) is 10.6 Å². The zero-order chi connectivity index (χ0) is 17.4. The molecule has 24 heavy (non-hydrogen) atoms. The van der Waals surface area contributed by atoms with Crippen LogP contribution in [0.25, 0.3) is 0 Å². The number of anilines is 1. The number of carbonyl (C=O) groups excluding carboxylic acids is 2. The number of likely N-dealkylation sites (N-methyl/N-ethyl adjacent to an activating group) is 1. The van der Waals surface area contributed by atoms with E-state index in [-0.39, 0.29) is 12.5 Å². The minimum atomic E-state index is -0.526. The number of halogens is 1. The van der Waals surface area contributed by atoms with E-state index >= 15 is 0 Å². The molecule has 0 radical (unpaired) electrons. The Bertz CT molecular complexity index is 707. The van der Waals surface area contributed by atoms with Crippen molar-refractivity contribution in [2.24, 2.45) is 0 Å². The summed E-state index contributed by atoms with van der Waals surface area (Å²) in [5.41, 5.74) is 0.403. The standard InChI is InChI=1S/C17H18ClN3O3/c1-2-19-16(22)11-20-17(23)21-14-10-12(18)8-9-15(14)24-13-6-4-3-5-7-13/h3-10H,2,11H2,1H3,(H,19,22)(H2,20,21,23). The van der Waals surface area contributed by atoms with Gasteiger partial charge in [0.05, 0.1) is 12.2 Å². The van der Waals surface area contributed by atoms with Crippen molar-refractivity contribution in [3.63, 3.8) is 0 Å². The van der Waals surface area contributed by atoms with Crippen LogP contribution in [0.3, 0.4) is 0 Å². The third-order valence-corrected chi connectivity index (χ3v) is 3.18. The monoisotopic (exact) mass is 347 g/mol. The Morgan fingerprint density at radius 3 is 2.54 bits per heavy atom. The van der Waals surface area contributed by atoms with E-state index in [1.807, 2.05) is 18.2 Å². The minimum absolute atomic E-state index is 0.116. The maximum atomic E-state index is 11.9. The molecule has 0 fully saturated rings. The molecule has 0 aromatic heterocycles. The predicted molar refractivity (Wildman–Crippen MR) is 93.7 cm³/mol. The van der Waals surface area contributed by atoms with Gasteiger partial charge in [-0.15, -0.1) is 0 Å². The molecule has 0 aliphatic heterocycles. The molecule has 0 atom stereocenters. The molecule has 0 aliphatic carbocycles. The molecular formula is C17H18ClN3O3. The van der Waals surface area contributed by atoms with Crippen LogP contribution >= 0.6 is 11.6 Å². The molecule has 126 valence electrons. The van der Waals surface area contributed by atoms with E-state index in [4.69, 9.17) is 16.3 Å². The Morgan fingerprint density at radius 1 is 1.08 bits per heavy atom. The van der Waals surface area contributed by atoms with Crippen molar-refractivity contribution in [3.05, 3.63) is 53.6 Å². The summed E-state index contributed by atoms with van der Waals surface area (Å²) in [5, 5.41) is 8.14. The van der Waals surface area contributed by atoms with Gasteiger partial charge in [-0.2, -0.15) is 0 Å². The Hall–Kier alpha value is -2.73. The van der Waals surface area contributed by atoms with Crippen molar-refractivity contribution in [2.45, 2.75) is 6.92 Å². The smallest absolute Gasteiger partial charge is 0.319 e.